The number of halogens is 4. The number of hydrogen-bond acceptors (Lipinski definition) is 4. The SMILES string of the molecule is CCOc1cc(/C=C(\C#N)C(=O)Nc2cccc(C(F)(F)F)c2)cc(I)c1OCc1ccc(C)cc1. The van der Waals surface area contributed by atoms with E-state index in [0.717, 1.165) is 23.3 Å². The molecular weight excluding hydrogens is 584 g/mol. The van der Waals surface area contributed by atoms with Crippen LogP contribution < -0.4 is 14.8 Å². The number of rotatable bonds is 8. The van der Waals surface area contributed by atoms with Crippen LogP contribution in [0.5, 0.6) is 11.5 Å². The van der Waals surface area contributed by atoms with E-state index in [1.54, 1.807) is 18.2 Å². The lowest BCUT2D eigenvalue weighted by Gasteiger charge is -2.15. The first-order valence-electron chi connectivity index (χ1n) is 10.9. The summed E-state index contributed by atoms with van der Waals surface area (Å²) in [5.74, 6) is 0.143. The molecule has 5 nitrogen and oxygen atoms in total. The van der Waals surface area contributed by atoms with Gasteiger partial charge in [-0.05, 0) is 84.0 Å². The highest BCUT2D eigenvalue weighted by Crippen LogP contribution is 2.36. The molecule has 1 N–H and O–H groups in total. The molecule has 36 heavy (non-hydrogen) atoms. The van der Waals surface area contributed by atoms with Crippen molar-refractivity contribution in [1.29, 1.82) is 5.26 Å². The Kier molecular flexibility index (Phi) is 8.98. The van der Waals surface area contributed by atoms with Gasteiger partial charge in [-0.1, -0.05) is 35.9 Å². The van der Waals surface area contributed by atoms with Crippen LogP contribution in [0.25, 0.3) is 6.08 Å². The molecule has 0 aromatic heterocycles. The zero-order valence-corrected chi connectivity index (χ0v) is 21.6. The molecule has 0 bridgehead atoms. The number of alkyl halides is 3. The van der Waals surface area contributed by atoms with Crippen LogP contribution >= 0.6 is 22.6 Å². The first kappa shape index (κ1) is 27.1. The van der Waals surface area contributed by atoms with Crippen LogP contribution in [0.15, 0.2) is 66.2 Å². The summed E-state index contributed by atoms with van der Waals surface area (Å²) in [6.07, 6.45) is -3.21. The molecule has 0 saturated heterocycles. The first-order chi connectivity index (χ1) is 17.1. The van der Waals surface area contributed by atoms with E-state index in [2.05, 4.69) is 27.9 Å². The van der Waals surface area contributed by atoms with Crippen molar-refractivity contribution in [3.63, 3.8) is 0 Å². The zero-order chi connectivity index (χ0) is 26.3. The summed E-state index contributed by atoms with van der Waals surface area (Å²) in [5, 5.41) is 11.9. The van der Waals surface area contributed by atoms with Crippen molar-refractivity contribution < 1.29 is 27.4 Å². The lowest BCUT2D eigenvalue weighted by Crippen LogP contribution is -2.14. The van der Waals surface area contributed by atoms with Gasteiger partial charge in [-0.25, -0.2) is 0 Å². The van der Waals surface area contributed by atoms with Crippen LogP contribution in [0.1, 0.15) is 29.2 Å². The molecule has 1 amide bonds. The molecular formula is C27H22F3IN2O3. The highest BCUT2D eigenvalue weighted by Gasteiger charge is 2.30. The van der Waals surface area contributed by atoms with E-state index >= 15 is 0 Å². The Bertz CT molecular complexity index is 1310. The van der Waals surface area contributed by atoms with Gasteiger partial charge in [0, 0.05) is 5.69 Å². The fourth-order valence-corrected chi connectivity index (χ4v) is 3.98. The zero-order valence-electron chi connectivity index (χ0n) is 19.4. The number of nitriles is 1. The predicted molar refractivity (Wildman–Crippen MR) is 140 cm³/mol. The number of hydrogen-bond donors (Lipinski definition) is 1. The molecule has 0 radical (unpaired) electrons. The number of benzene rings is 3. The minimum atomic E-state index is -4.55. The number of nitrogens with zero attached hydrogens (tertiary/aromatic N) is 1. The number of anilines is 1. The van der Waals surface area contributed by atoms with E-state index in [9.17, 15) is 23.2 Å². The van der Waals surface area contributed by atoms with Crippen LogP contribution in [0.4, 0.5) is 18.9 Å². The molecule has 0 unspecified atom stereocenters. The maximum absolute atomic E-state index is 13.0. The van der Waals surface area contributed by atoms with Crippen LogP contribution in [0.2, 0.25) is 0 Å². The van der Waals surface area contributed by atoms with Crippen molar-refractivity contribution in [2.45, 2.75) is 26.6 Å². The second-order valence-electron chi connectivity index (χ2n) is 7.74. The summed E-state index contributed by atoms with van der Waals surface area (Å²) in [6.45, 7) is 4.52. The molecule has 9 heteroatoms. The maximum atomic E-state index is 13.0. The molecule has 0 fully saturated rings. The summed E-state index contributed by atoms with van der Waals surface area (Å²) in [4.78, 5) is 12.6. The fourth-order valence-electron chi connectivity index (χ4n) is 3.20. The average Bonchev–Trinajstić information content (AvgIpc) is 2.83. The molecule has 3 aromatic rings. The molecule has 0 saturated carbocycles. The second kappa shape index (κ2) is 11.9. The van der Waals surface area contributed by atoms with E-state index in [1.165, 1.54) is 18.2 Å². The van der Waals surface area contributed by atoms with Crippen LogP contribution in [0, 0.1) is 21.8 Å². The number of carbonyl (C=O) groups is 1. The number of ether oxygens (including phenoxy) is 2. The summed E-state index contributed by atoms with van der Waals surface area (Å²) < 4.78 is 51.3. The third-order valence-corrected chi connectivity index (χ3v) is 5.76. The van der Waals surface area contributed by atoms with E-state index in [0.29, 0.717) is 33.8 Å². The molecule has 3 rings (SSSR count). The standard InChI is InChI=1S/C27H22F3IN2O3/c1-3-35-24-13-19(12-23(31)25(24)36-16-18-9-7-17(2)8-10-18)11-20(15-32)26(34)33-22-6-4-5-21(14-22)27(28,29)30/h4-14H,3,16H2,1-2H3,(H,33,34)/b20-11+. The van der Waals surface area contributed by atoms with Crippen molar-refractivity contribution in [3.8, 4) is 17.6 Å². The number of aryl methyl sites for hydroxylation is 1. The number of nitrogens with one attached hydrogen (secondary N) is 1. The molecule has 0 aliphatic heterocycles. The minimum Gasteiger partial charge on any atom is -0.490 e. The first-order valence-corrected chi connectivity index (χ1v) is 11.9. The summed E-state index contributed by atoms with van der Waals surface area (Å²) in [7, 11) is 0. The highest BCUT2D eigenvalue weighted by atomic mass is 127. The van der Waals surface area contributed by atoms with Gasteiger partial charge in [0.2, 0.25) is 0 Å². The minimum absolute atomic E-state index is 0.0691. The van der Waals surface area contributed by atoms with Crippen LogP contribution in [-0.4, -0.2) is 12.5 Å². The van der Waals surface area contributed by atoms with E-state index in [4.69, 9.17) is 9.47 Å². The topological polar surface area (TPSA) is 71.3 Å². The normalized spacial score (nSPS) is 11.5. The van der Waals surface area contributed by atoms with Gasteiger partial charge in [0.15, 0.2) is 11.5 Å². The third-order valence-electron chi connectivity index (χ3n) is 4.96. The quantitative estimate of drug-likeness (QED) is 0.168. The van der Waals surface area contributed by atoms with Crippen molar-refractivity contribution in [3.05, 3.63) is 92.1 Å². The third kappa shape index (κ3) is 7.24. The van der Waals surface area contributed by atoms with Crippen molar-refractivity contribution in [1.82, 2.24) is 0 Å². The Morgan fingerprint density at radius 2 is 1.83 bits per heavy atom. The molecule has 0 aliphatic rings. The van der Waals surface area contributed by atoms with Gasteiger partial charge >= 0.3 is 6.18 Å². The van der Waals surface area contributed by atoms with Gasteiger partial charge in [0.05, 0.1) is 15.7 Å². The molecule has 0 heterocycles. The van der Waals surface area contributed by atoms with Crippen LogP contribution in [-0.2, 0) is 17.6 Å². The van der Waals surface area contributed by atoms with Crippen LogP contribution in [0.3, 0.4) is 0 Å². The van der Waals surface area contributed by atoms with Gasteiger partial charge in [0.1, 0.15) is 18.2 Å². The Labute approximate surface area is 220 Å². The van der Waals surface area contributed by atoms with Crippen molar-refractivity contribution in [2.24, 2.45) is 0 Å². The molecule has 3 aromatic carbocycles. The lowest BCUT2D eigenvalue weighted by atomic mass is 10.1. The van der Waals surface area contributed by atoms with E-state index < -0.39 is 17.6 Å². The average molecular weight is 606 g/mol. The van der Waals surface area contributed by atoms with Crippen molar-refractivity contribution >= 4 is 40.3 Å². The summed E-state index contributed by atoms with van der Waals surface area (Å²) >= 11 is 2.08. The van der Waals surface area contributed by atoms with Gasteiger partial charge in [-0.3, -0.25) is 4.79 Å². The molecule has 0 spiro atoms. The Balaban J connectivity index is 1.84. The summed E-state index contributed by atoms with van der Waals surface area (Å²) in [5.41, 5.74) is 1.38. The highest BCUT2D eigenvalue weighted by molar-refractivity contribution is 14.1. The van der Waals surface area contributed by atoms with Crippen molar-refractivity contribution in [2.75, 3.05) is 11.9 Å². The van der Waals surface area contributed by atoms with E-state index in [-0.39, 0.29) is 11.3 Å². The number of carbonyl (C=O) groups excluding carboxylic acids is 1. The smallest absolute Gasteiger partial charge is 0.416 e. The maximum Gasteiger partial charge on any atom is 0.416 e. The Morgan fingerprint density at radius 3 is 2.47 bits per heavy atom. The van der Waals surface area contributed by atoms with E-state index in [1.807, 2.05) is 38.1 Å². The van der Waals surface area contributed by atoms with Gasteiger partial charge in [0.25, 0.3) is 5.91 Å². The van der Waals surface area contributed by atoms with Gasteiger partial charge in [-0.15, -0.1) is 0 Å². The Hall–Kier alpha value is -3.52. The molecule has 186 valence electrons. The largest absolute Gasteiger partial charge is 0.490 e. The predicted octanol–water partition coefficient (Wildman–Crippen LogP) is 7.14. The number of amides is 1. The second-order valence-corrected chi connectivity index (χ2v) is 8.90. The molecule has 0 aliphatic carbocycles. The summed E-state index contributed by atoms with van der Waals surface area (Å²) in [6, 6.07) is 17.3. The lowest BCUT2D eigenvalue weighted by molar-refractivity contribution is -0.137. The monoisotopic (exact) mass is 606 g/mol. The van der Waals surface area contributed by atoms with Gasteiger partial charge < -0.3 is 14.8 Å². The molecule has 0 atom stereocenters. The van der Waals surface area contributed by atoms with Gasteiger partial charge in [-0.2, -0.15) is 18.4 Å². The fraction of sp³-hybridized carbons (Fsp3) is 0.185. The Morgan fingerprint density at radius 1 is 1.11 bits per heavy atom.